The summed E-state index contributed by atoms with van der Waals surface area (Å²) in [6.07, 6.45) is 1.22. The largest absolute Gasteiger partial charge is 0.483 e. The van der Waals surface area contributed by atoms with Crippen LogP contribution >= 0.6 is 0 Å². The lowest BCUT2D eigenvalue weighted by molar-refractivity contribution is -0.147. The van der Waals surface area contributed by atoms with Crippen molar-refractivity contribution in [3.63, 3.8) is 0 Å². The lowest BCUT2D eigenvalue weighted by atomic mass is 10.0. The van der Waals surface area contributed by atoms with Gasteiger partial charge >= 0.3 is 11.9 Å². The maximum absolute atomic E-state index is 12.8. The number of rotatable bonds is 10. The van der Waals surface area contributed by atoms with Gasteiger partial charge in [-0.2, -0.15) is 0 Å². The fourth-order valence-electron chi connectivity index (χ4n) is 3.46. The molecule has 0 amide bonds. The molecule has 0 aliphatic rings. The van der Waals surface area contributed by atoms with Crippen LogP contribution in [0.25, 0.3) is 0 Å². The van der Waals surface area contributed by atoms with E-state index in [9.17, 15) is 14.4 Å². The van der Waals surface area contributed by atoms with Crippen LogP contribution in [0.3, 0.4) is 0 Å². The highest BCUT2D eigenvalue weighted by atomic mass is 16.5. The number of aromatic nitrogens is 1. The number of ether oxygens (including phenoxy) is 3. The first kappa shape index (κ1) is 23.8. The van der Waals surface area contributed by atoms with Crippen molar-refractivity contribution in [2.45, 2.75) is 39.5 Å². The SMILES string of the molecule is CC(=O)OCCn1ccc(=O)c(OCc2ccccc2)c1CC(OC(C)=O)c1ccccc1. The fraction of sp³-hybridized carbons (Fsp3) is 0.269. The van der Waals surface area contributed by atoms with Crippen molar-refractivity contribution in [3.8, 4) is 5.75 Å². The molecular weight excluding hydrogens is 422 g/mol. The van der Waals surface area contributed by atoms with Gasteiger partial charge in [-0.25, -0.2) is 0 Å². The van der Waals surface area contributed by atoms with E-state index >= 15 is 0 Å². The Kier molecular flexibility index (Phi) is 8.41. The van der Waals surface area contributed by atoms with Crippen molar-refractivity contribution in [2.75, 3.05) is 6.61 Å². The van der Waals surface area contributed by atoms with E-state index in [4.69, 9.17) is 14.2 Å². The monoisotopic (exact) mass is 449 g/mol. The Morgan fingerprint density at radius 1 is 0.909 bits per heavy atom. The van der Waals surface area contributed by atoms with E-state index in [2.05, 4.69) is 0 Å². The first-order valence-corrected chi connectivity index (χ1v) is 10.7. The second kappa shape index (κ2) is 11.7. The summed E-state index contributed by atoms with van der Waals surface area (Å²) in [5, 5.41) is 0. The highest BCUT2D eigenvalue weighted by molar-refractivity contribution is 5.66. The Morgan fingerprint density at radius 2 is 1.58 bits per heavy atom. The number of hydrogen-bond donors (Lipinski definition) is 0. The minimum atomic E-state index is -0.621. The molecule has 0 aliphatic heterocycles. The van der Waals surface area contributed by atoms with E-state index in [-0.39, 0.29) is 36.8 Å². The molecule has 3 aromatic rings. The third kappa shape index (κ3) is 7.07. The van der Waals surface area contributed by atoms with Crippen LogP contribution in [0.4, 0.5) is 0 Å². The van der Waals surface area contributed by atoms with Gasteiger partial charge < -0.3 is 18.8 Å². The molecule has 0 bridgehead atoms. The Bertz CT molecular complexity index is 1120. The molecular formula is C26H27NO6. The van der Waals surface area contributed by atoms with Gasteiger partial charge in [0.25, 0.3) is 0 Å². The summed E-state index contributed by atoms with van der Waals surface area (Å²) >= 11 is 0. The van der Waals surface area contributed by atoms with Crippen molar-refractivity contribution in [3.05, 3.63) is 100.0 Å². The molecule has 172 valence electrons. The number of nitrogens with zero attached hydrogens (tertiary/aromatic N) is 1. The molecule has 0 spiro atoms. The summed E-state index contributed by atoms with van der Waals surface area (Å²) in [7, 11) is 0. The van der Waals surface area contributed by atoms with Crippen LogP contribution < -0.4 is 10.2 Å². The number of benzene rings is 2. The van der Waals surface area contributed by atoms with Crippen molar-refractivity contribution < 1.29 is 23.8 Å². The van der Waals surface area contributed by atoms with E-state index in [0.29, 0.717) is 12.2 Å². The second-order valence-corrected chi connectivity index (χ2v) is 7.48. The maximum atomic E-state index is 12.8. The molecule has 0 fully saturated rings. The fourth-order valence-corrected chi connectivity index (χ4v) is 3.46. The first-order valence-electron chi connectivity index (χ1n) is 10.7. The van der Waals surface area contributed by atoms with Crippen LogP contribution in [0.15, 0.2) is 77.7 Å². The van der Waals surface area contributed by atoms with Crippen molar-refractivity contribution in [1.82, 2.24) is 4.57 Å². The highest BCUT2D eigenvalue weighted by Crippen LogP contribution is 2.27. The van der Waals surface area contributed by atoms with Crippen molar-refractivity contribution in [2.24, 2.45) is 0 Å². The Labute approximate surface area is 192 Å². The van der Waals surface area contributed by atoms with E-state index in [1.165, 1.54) is 19.9 Å². The summed E-state index contributed by atoms with van der Waals surface area (Å²) in [6, 6.07) is 20.3. The highest BCUT2D eigenvalue weighted by Gasteiger charge is 2.22. The molecule has 3 rings (SSSR count). The van der Waals surface area contributed by atoms with Crippen LogP contribution in [0.2, 0.25) is 0 Å². The van der Waals surface area contributed by atoms with Gasteiger partial charge in [0.2, 0.25) is 5.43 Å². The minimum Gasteiger partial charge on any atom is -0.483 e. The zero-order valence-corrected chi connectivity index (χ0v) is 18.7. The molecule has 1 aromatic heterocycles. The average Bonchev–Trinajstić information content (AvgIpc) is 2.80. The second-order valence-electron chi connectivity index (χ2n) is 7.48. The normalized spacial score (nSPS) is 11.5. The number of carbonyl (C=O) groups excluding carboxylic acids is 2. The molecule has 0 saturated heterocycles. The van der Waals surface area contributed by atoms with Crippen molar-refractivity contribution >= 4 is 11.9 Å². The Balaban J connectivity index is 1.97. The molecule has 7 nitrogen and oxygen atoms in total. The minimum absolute atomic E-state index is 0.132. The molecule has 0 saturated carbocycles. The molecule has 2 aromatic carbocycles. The third-order valence-electron chi connectivity index (χ3n) is 4.96. The summed E-state index contributed by atoms with van der Waals surface area (Å²) in [5.41, 5.74) is 1.99. The van der Waals surface area contributed by atoms with Crippen LogP contribution in [-0.2, 0) is 38.6 Å². The predicted molar refractivity (Wildman–Crippen MR) is 123 cm³/mol. The standard InChI is InChI=1S/C26H27NO6/c1-19(28)31-16-15-27-14-13-24(30)26(32-18-21-9-5-3-6-10-21)23(27)17-25(33-20(2)29)22-11-7-4-8-12-22/h3-14,25H,15-18H2,1-2H3. The van der Waals surface area contributed by atoms with Crippen LogP contribution in [0, 0.1) is 0 Å². The van der Waals surface area contributed by atoms with Crippen molar-refractivity contribution in [1.29, 1.82) is 0 Å². The molecule has 1 unspecified atom stereocenters. The van der Waals surface area contributed by atoms with E-state index < -0.39 is 12.1 Å². The van der Waals surface area contributed by atoms with E-state index in [1.54, 1.807) is 10.8 Å². The quantitative estimate of drug-likeness (QED) is 0.438. The maximum Gasteiger partial charge on any atom is 0.303 e. The lowest BCUT2D eigenvalue weighted by Crippen LogP contribution is -2.22. The summed E-state index contributed by atoms with van der Waals surface area (Å²) in [4.78, 5) is 35.9. The molecule has 0 radical (unpaired) electrons. The number of carbonyl (C=O) groups is 2. The molecule has 0 aliphatic carbocycles. The topological polar surface area (TPSA) is 83.8 Å². The summed E-state index contributed by atoms with van der Waals surface area (Å²) in [6.45, 7) is 3.35. The van der Waals surface area contributed by atoms with Crippen LogP contribution in [0.1, 0.15) is 36.8 Å². The molecule has 1 atom stereocenters. The lowest BCUT2D eigenvalue weighted by Gasteiger charge is -2.22. The van der Waals surface area contributed by atoms with Gasteiger partial charge in [0.1, 0.15) is 19.3 Å². The summed E-state index contributed by atoms with van der Waals surface area (Å²) < 4.78 is 18.5. The Morgan fingerprint density at radius 3 is 2.21 bits per heavy atom. The average molecular weight is 450 g/mol. The first-order chi connectivity index (χ1) is 15.9. The van der Waals surface area contributed by atoms with Gasteiger partial charge in [-0.05, 0) is 11.1 Å². The van der Waals surface area contributed by atoms with Gasteiger partial charge in [0.15, 0.2) is 5.75 Å². The molecule has 7 heteroatoms. The van der Waals surface area contributed by atoms with Gasteiger partial charge in [-0.3, -0.25) is 14.4 Å². The predicted octanol–water partition coefficient (Wildman–Crippen LogP) is 3.84. The summed E-state index contributed by atoms with van der Waals surface area (Å²) in [5.74, 6) is -0.641. The third-order valence-corrected chi connectivity index (χ3v) is 4.96. The number of hydrogen-bond acceptors (Lipinski definition) is 6. The van der Waals surface area contributed by atoms with E-state index in [0.717, 1.165) is 11.1 Å². The van der Waals surface area contributed by atoms with Crippen LogP contribution in [0.5, 0.6) is 5.75 Å². The van der Waals surface area contributed by atoms with Gasteiger partial charge in [-0.15, -0.1) is 0 Å². The number of pyridine rings is 1. The van der Waals surface area contributed by atoms with Gasteiger partial charge in [0.05, 0.1) is 12.2 Å². The smallest absolute Gasteiger partial charge is 0.303 e. The number of esters is 2. The zero-order valence-electron chi connectivity index (χ0n) is 18.7. The van der Waals surface area contributed by atoms with Gasteiger partial charge in [-0.1, -0.05) is 60.7 Å². The van der Waals surface area contributed by atoms with Crippen LogP contribution in [-0.4, -0.2) is 23.1 Å². The Hall–Kier alpha value is -3.87. The van der Waals surface area contributed by atoms with E-state index in [1.807, 2.05) is 60.7 Å². The molecule has 1 heterocycles. The molecule has 0 N–H and O–H groups in total. The molecule has 33 heavy (non-hydrogen) atoms. The van der Waals surface area contributed by atoms with Gasteiger partial charge in [0, 0.05) is 32.5 Å². The zero-order chi connectivity index (χ0) is 23.6.